The Morgan fingerprint density at radius 2 is 1.55 bits per heavy atom. The van der Waals surface area contributed by atoms with Crippen LogP contribution in [-0.2, 0) is 11.3 Å². The van der Waals surface area contributed by atoms with E-state index in [0.29, 0.717) is 30.4 Å². The molecular weight excluding hydrogens is 506 g/mol. The van der Waals surface area contributed by atoms with Gasteiger partial charge in [0.25, 0.3) is 0 Å². The summed E-state index contributed by atoms with van der Waals surface area (Å²) < 4.78 is 7.86. The predicted octanol–water partition coefficient (Wildman–Crippen LogP) is 3.22. The Bertz CT molecular complexity index is 1430. The molecule has 2 fully saturated rings. The topological polar surface area (TPSA) is 104 Å². The maximum absolute atomic E-state index is 12.4. The van der Waals surface area contributed by atoms with Gasteiger partial charge in [-0.15, -0.1) is 0 Å². The molecule has 11 heteroatoms. The van der Waals surface area contributed by atoms with Crippen LogP contribution in [0.3, 0.4) is 0 Å². The Labute approximate surface area is 233 Å². The van der Waals surface area contributed by atoms with Crippen LogP contribution in [0, 0.1) is 0 Å². The molecule has 6 rings (SSSR count). The van der Waals surface area contributed by atoms with E-state index in [9.17, 15) is 4.79 Å². The Kier molecular flexibility index (Phi) is 7.85. The average Bonchev–Trinajstić information content (AvgIpc) is 3.40. The van der Waals surface area contributed by atoms with Gasteiger partial charge in [-0.05, 0) is 49.5 Å². The van der Waals surface area contributed by atoms with Crippen LogP contribution in [0.5, 0.6) is 0 Å². The van der Waals surface area contributed by atoms with E-state index >= 15 is 0 Å². The summed E-state index contributed by atoms with van der Waals surface area (Å²) in [5, 5.41) is 6.74. The minimum atomic E-state index is -0.315. The van der Waals surface area contributed by atoms with Crippen LogP contribution >= 0.6 is 0 Å². The van der Waals surface area contributed by atoms with Gasteiger partial charge in [0.15, 0.2) is 5.82 Å². The second kappa shape index (κ2) is 12.0. The third-order valence-electron chi connectivity index (χ3n) is 7.50. The number of nitrogens with zero attached hydrogens (tertiary/aromatic N) is 7. The Balaban J connectivity index is 1.24. The number of morpholine rings is 1. The SMILES string of the molecule is CN1CCN(CCn2ccc3c(N4CCOCC4)nc(-c4ccc(NC(=O)Nc5ccncc5)cc4)nc32)CC1. The first-order valence-corrected chi connectivity index (χ1v) is 13.8. The van der Waals surface area contributed by atoms with Gasteiger partial charge in [-0.25, -0.2) is 14.8 Å². The first-order valence-electron chi connectivity index (χ1n) is 13.8. The van der Waals surface area contributed by atoms with Gasteiger partial charge in [0.2, 0.25) is 0 Å². The number of fused-ring (bicyclic) bond motifs is 1. The summed E-state index contributed by atoms with van der Waals surface area (Å²) in [7, 11) is 2.18. The average molecular weight is 542 g/mol. The summed E-state index contributed by atoms with van der Waals surface area (Å²) >= 11 is 0. The number of piperazine rings is 1. The molecule has 0 saturated carbocycles. The van der Waals surface area contributed by atoms with E-state index in [2.05, 4.69) is 54.2 Å². The summed E-state index contributed by atoms with van der Waals surface area (Å²) in [6, 6.07) is 12.9. The van der Waals surface area contributed by atoms with Gasteiger partial charge in [0.1, 0.15) is 11.5 Å². The van der Waals surface area contributed by atoms with Crippen molar-refractivity contribution in [3.05, 3.63) is 61.1 Å². The fourth-order valence-electron chi connectivity index (χ4n) is 5.13. The lowest BCUT2D eigenvalue weighted by atomic mass is 10.2. The number of benzene rings is 1. The van der Waals surface area contributed by atoms with Crippen molar-refractivity contribution in [2.24, 2.45) is 0 Å². The second-order valence-electron chi connectivity index (χ2n) is 10.3. The molecule has 2 saturated heterocycles. The number of ether oxygens (including phenoxy) is 1. The summed E-state index contributed by atoms with van der Waals surface area (Å²) in [4.78, 5) is 33.7. The van der Waals surface area contributed by atoms with Crippen LogP contribution < -0.4 is 15.5 Å². The number of aromatic nitrogens is 4. The highest BCUT2D eigenvalue weighted by atomic mass is 16.5. The predicted molar refractivity (Wildman–Crippen MR) is 157 cm³/mol. The van der Waals surface area contributed by atoms with Gasteiger partial charge >= 0.3 is 6.03 Å². The second-order valence-corrected chi connectivity index (χ2v) is 10.3. The van der Waals surface area contributed by atoms with Crippen LogP contribution in [0.15, 0.2) is 61.1 Å². The number of urea groups is 1. The molecule has 0 unspecified atom stereocenters. The van der Waals surface area contributed by atoms with Gasteiger partial charge in [0.05, 0.1) is 18.6 Å². The maximum Gasteiger partial charge on any atom is 0.323 e. The number of nitrogens with one attached hydrogen (secondary N) is 2. The van der Waals surface area contributed by atoms with Crippen molar-refractivity contribution in [3.8, 4) is 11.4 Å². The van der Waals surface area contributed by atoms with Crippen LogP contribution in [0.4, 0.5) is 22.0 Å². The zero-order valence-electron chi connectivity index (χ0n) is 22.8. The van der Waals surface area contributed by atoms with Crippen molar-refractivity contribution in [3.63, 3.8) is 0 Å². The van der Waals surface area contributed by atoms with Gasteiger partial charge in [-0.1, -0.05) is 0 Å². The van der Waals surface area contributed by atoms with Crippen molar-refractivity contribution >= 4 is 34.3 Å². The third-order valence-corrected chi connectivity index (χ3v) is 7.50. The van der Waals surface area contributed by atoms with E-state index in [1.54, 1.807) is 24.5 Å². The highest BCUT2D eigenvalue weighted by Gasteiger charge is 2.21. The molecule has 2 aliphatic heterocycles. The number of carbonyl (C=O) groups is 1. The van der Waals surface area contributed by atoms with Crippen LogP contribution in [0.2, 0.25) is 0 Å². The zero-order chi connectivity index (χ0) is 27.3. The lowest BCUT2D eigenvalue weighted by Crippen LogP contribution is -2.45. The van der Waals surface area contributed by atoms with Gasteiger partial charge < -0.3 is 29.7 Å². The Morgan fingerprint density at radius 3 is 2.27 bits per heavy atom. The van der Waals surface area contributed by atoms with Crippen molar-refractivity contribution in [2.75, 3.05) is 81.6 Å². The van der Waals surface area contributed by atoms with Crippen molar-refractivity contribution in [1.82, 2.24) is 29.3 Å². The number of amides is 2. The molecule has 2 N–H and O–H groups in total. The highest BCUT2D eigenvalue weighted by molar-refractivity contribution is 5.99. The van der Waals surface area contributed by atoms with Crippen molar-refractivity contribution in [2.45, 2.75) is 6.54 Å². The first-order chi connectivity index (χ1) is 19.6. The molecule has 0 aliphatic carbocycles. The van der Waals surface area contributed by atoms with E-state index in [1.165, 1.54) is 0 Å². The quantitative estimate of drug-likeness (QED) is 0.368. The van der Waals surface area contributed by atoms with E-state index in [4.69, 9.17) is 14.7 Å². The van der Waals surface area contributed by atoms with Crippen molar-refractivity contribution < 1.29 is 9.53 Å². The maximum atomic E-state index is 12.4. The van der Waals surface area contributed by atoms with Crippen LogP contribution in [-0.4, -0.2) is 101 Å². The summed E-state index contributed by atoms with van der Waals surface area (Å²) in [5.74, 6) is 1.61. The molecule has 2 aliphatic rings. The molecule has 5 heterocycles. The molecule has 4 aromatic rings. The minimum absolute atomic E-state index is 0.315. The molecule has 40 heavy (non-hydrogen) atoms. The fraction of sp³-hybridized carbons (Fsp3) is 0.379. The summed E-state index contributed by atoms with van der Waals surface area (Å²) in [6.45, 7) is 9.24. The number of rotatable bonds is 7. The standard InChI is InChI=1S/C29H35N9O2/c1-35-12-14-36(15-13-35)16-17-37-11-8-25-27(37)33-26(34-28(25)38-18-20-40-21-19-38)22-2-4-23(5-3-22)31-29(39)32-24-6-9-30-10-7-24/h2-11H,12-21H2,1H3,(H2,30,31,32,39). The van der Waals surface area contributed by atoms with E-state index in [0.717, 1.165) is 74.8 Å². The fourth-order valence-corrected chi connectivity index (χ4v) is 5.13. The van der Waals surface area contributed by atoms with Gasteiger partial charge in [-0.3, -0.25) is 9.88 Å². The molecule has 208 valence electrons. The third kappa shape index (κ3) is 6.06. The largest absolute Gasteiger partial charge is 0.378 e. The molecule has 0 radical (unpaired) electrons. The molecule has 0 atom stereocenters. The molecule has 1 aromatic carbocycles. The highest BCUT2D eigenvalue weighted by Crippen LogP contribution is 2.29. The van der Waals surface area contributed by atoms with E-state index in [1.807, 2.05) is 24.3 Å². The number of hydrogen-bond donors (Lipinski definition) is 2. The lowest BCUT2D eigenvalue weighted by molar-refractivity contribution is 0.122. The summed E-state index contributed by atoms with van der Waals surface area (Å²) in [6.07, 6.45) is 5.40. The first kappa shape index (κ1) is 26.2. The van der Waals surface area contributed by atoms with E-state index in [-0.39, 0.29) is 6.03 Å². The number of anilines is 3. The summed E-state index contributed by atoms with van der Waals surface area (Å²) in [5.41, 5.74) is 3.19. The van der Waals surface area contributed by atoms with E-state index < -0.39 is 0 Å². The molecule has 2 amide bonds. The van der Waals surface area contributed by atoms with Gasteiger partial charge in [0, 0.05) is 87.9 Å². The normalized spacial score (nSPS) is 16.8. The monoisotopic (exact) mass is 541 g/mol. The van der Waals surface area contributed by atoms with Gasteiger partial charge in [-0.2, -0.15) is 0 Å². The van der Waals surface area contributed by atoms with Crippen molar-refractivity contribution in [1.29, 1.82) is 0 Å². The van der Waals surface area contributed by atoms with Crippen LogP contribution in [0.25, 0.3) is 22.4 Å². The zero-order valence-corrected chi connectivity index (χ0v) is 22.8. The smallest absolute Gasteiger partial charge is 0.323 e. The number of pyridine rings is 1. The molecular formula is C29H35N9O2. The minimum Gasteiger partial charge on any atom is -0.378 e. The van der Waals surface area contributed by atoms with Crippen LogP contribution in [0.1, 0.15) is 0 Å². The number of likely N-dealkylation sites (N-methyl/N-ethyl adjacent to an activating group) is 1. The Hall–Kier alpha value is -4.06. The molecule has 3 aromatic heterocycles. The molecule has 11 nitrogen and oxygen atoms in total. The number of hydrogen-bond acceptors (Lipinski definition) is 8. The molecule has 0 bridgehead atoms. The molecule has 0 spiro atoms. The number of carbonyl (C=O) groups excluding carboxylic acids is 1. The lowest BCUT2D eigenvalue weighted by Gasteiger charge is -2.32. The Morgan fingerprint density at radius 1 is 0.850 bits per heavy atom.